The van der Waals surface area contributed by atoms with E-state index in [0.29, 0.717) is 28.8 Å². The minimum absolute atomic E-state index is 0.126. The van der Waals surface area contributed by atoms with Gasteiger partial charge in [-0.2, -0.15) is 0 Å². The zero-order valence-electron chi connectivity index (χ0n) is 16.6. The predicted molar refractivity (Wildman–Crippen MR) is 110 cm³/mol. The summed E-state index contributed by atoms with van der Waals surface area (Å²) in [5, 5.41) is 0. The van der Waals surface area contributed by atoms with E-state index in [0.717, 1.165) is 6.42 Å². The Morgan fingerprint density at radius 3 is 2.26 bits per heavy atom. The van der Waals surface area contributed by atoms with Gasteiger partial charge in [0.2, 0.25) is 11.8 Å². The van der Waals surface area contributed by atoms with Crippen molar-refractivity contribution in [1.29, 1.82) is 0 Å². The summed E-state index contributed by atoms with van der Waals surface area (Å²) in [6.07, 6.45) is 5.42. The van der Waals surface area contributed by atoms with Crippen molar-refractivity contribution in [3.63, 3.8) is 0 Å². The van der Waals surface area contributed by atoms with Crippen molar-refractivity contribution in [3.05, 3.63) is 72.1 Å². The molecule has 5 nitrogen and oxygen atoms in total. The molecule has 2 aromatic carbocycles. The van der Waals surface area contributed by atoms with Crippen molar-refractivity contribution in [2.75, 3.05) is 11.5 Å². The van der Waals surface area contributed by atoms with E-state index in [4.69, 9.17) is 4.74 Å². The summed E-state index contributed by atoms with van der Waals surface area (Å²) < 4.78 is 18.7. The van der Waals surface area contributed by atoms with Crippen molar-refractivity contribution in [2.45, 2.75) is 6.42 Å². The highest BCUT2D eigenvalue weighted by atomic mass is 19.1. The number of ketones is 1. The van der Waals surface area contributed by atoms with E-state index in [2.05, 4.69) is 12.2 Å². The molecular formula is C25H20FNO4. The van der Waals surface area contributed by atoms with Gasteiger partial charge in [0.05, 0.1) is 17.5 Å². The van der Waals surface area contributed by atoms with Crippen LogP contribution >= 0.6 is 0 Å². The van der Waals surface area contributed by atoms with Crippen LogP contribution in [0.3, 0.4) is 0 Å². The van der Waals surface area contributed by atoms with Crippen molar-refractivity contribution in [2.24, 2.45) is 35.5 Å². The third-order valence-electron chi connectivity index (χ3n) is 7.27. The molecule has 6 atom stereocenters. The molecule has 2 bridgehead atoms. The molecule has 5 aliphatic rings. The number of Topliss-reactive ketones (excluding diaryl/α,β-unsaturated/α-hetero) is 1. The number of amides is 2. The Hall–Kier alpha value is -3.28. The molecule has 2 amide bonds. The van der Waals surface area contributed by atoms with Crippen LogP contribution in [0.25, 0.3) is 0 Å². The summed E-state index contributed by atoms with van der Waals surface area (Å²) in [4.78, 5) is 40.1. The van der Waals surface area contributed by atoms with Gasteiger partial charge in [-0.1, -0.05) is 18.2 Å². The fraction of sp³-hybridized carbons (Fsp3) is 0.320. The molecule has 1 aliphatic heterocycles. The standard InChI is InChI=1S/C25H20FNO4/c26-14-6-4-13(5-7-14)21(28)12-31-16-3-1-2-15(10-16)27-24(29)22-17-8-9-18(20-11-19(17)20)23(22)25(27)30/h1-10,17-20,22-23H,11-12H2/t17-,18+,19-,20-,22+,23+/m1/s1. The third kappa shape index (κ3) is 2.77. The first-order valence-corrected chi connectivity index (χ1v) is 10.6. The minimum Gasteiger partial charge on any atom is -0.485 e. The maximum absolute atomic E-state index is 13.2. The van der Waals surface area contributed by atoms with E-state index in [9.17, 15) is 18.8 Å². The van der Waals surface area contributed by atoms with Gasteiger partial charge in [0.1, 0.15) is 11.6 Å². The van der Waals surface area contributed by atoms with Crippen LogP contribution in [0.1, 0.15) is 16.8 Å². The van der Waals surface area contributed by atoms with Crippen LogP contribution in [0, 0.1) is 41.3 Å². The zero-order chi connectivity index (χ0) is 21.3. The molecule has 1 saturated heterocycles. The molecule has 7 rings (SSSR count). The van der Waals surface area contributed by atoms with Crippen LogP contribution in [0.4, 0.5) is 10.1 Å². The molecular weight excluding hydrogens is 397 g/mol. The van der Waals surface area contributed by atoms with Gasteiger partial charge in [-0.3, -0.25) is 14.4 Å². The Bertz CT molecular complexity index is 1100. The number of hydrogen-bond donors (Lipinski definition) is 0. The van der Waals surface area contributed by atoms with Gasteiger partial charge in [-0.25, -0.2) is 9.29 Å². The maximum Gasteiger partial charge on any atom is 0.238 e. The van der Waals surface area contributed by atoms with Gasteiger partial charge < -0.3 is 4.74 Å². The minimum atomic E-state index is -0.411. The highest BCUT2D eigenvalue weighted by Crippen LogP contribution is 2.65. The molecule has 2 aromatic rings. The van der Waals surface area contributed by atoms with E-state index >= 15 is 0 Å². The average Bonchev–Trinajstić information content (AvgIpc) is 3.56. The number of anilines is 1. The number of hydrogen-bond acceptors (Lipinski definition) is 4. The summed E-state index contributed by atoms with van der Waals surface area (Å²) in [6, 6.07) is 12.0. The topological polar surface area (TPSA) is 63.7 Å². The van der Waals surface area contributed by atoms with Crippen molar-refractivity contribution < 1.29 is 23.5 Å². The Kier molecular flexibility index (Phi) is 3.94. The lowest BCUT2D eigenvalue weighted by atomic mass is 9.63. The first kappa shape index (κ1) is 18.5. The van der Waals surface area contributed by atoms with E-state index in [-0.39, 0.29) is 47.9 Å². The summed E-state index contributed by atoms with van der Waals surface area (Å²) in [6.45, 7) is -0.223. The molecule has 31 heavy (non-hydrogen) atoms. The Morgan fingerprint density at radius 2 is 1.61 bits per heavy atom. The van der Waals surface area contributed by atoms with E-state index in [1.54, 1.807) is 24.3 Å². The molecule has 0 radical (unpaired) electrons. The third-order valence-corrected chi connectivity index (χ3v) is 7.27. The smallest absolute Gasteiger partial charge is 0.238 e. The molecule has 6 heteroatoms. The number of benzene rings is 2. The normalized spacial score (nSPS) is 32.1. The molecule has 156 valence electrons. The van der Waals surface area contributed by atoms with E-state index in [1.165, 1.54) is 29.2 Å². The maximum atomic E-state index is 13.2. The summed E-state index contributed by atoms with van der Waals surface area (Å²) >= 11 is 0. The summed E-state index contributed by atoms with van der Waals surface area (Å²) in [5.41, 5.74) is 0.831. The van der Waals surface area contributed by atoms with Crippen LogP contribution in [0.15, 0.2) is 60.7 Å². The monoisotopic (exact) mass is 417 g/mol. The van der Waals surface area contributed by atoms with Gasteiger partial charge in [0.15, 0.2) is 12.4 Å². The van der Waals surface area contributed by atoms with Crippen LogP contribution in [-0.4, -0.2) is 24.2 Å². The Labute approximate surface area is 178 Å². The fourth-order valence-corrected chi connectivity index (χ4v) is 5.79. The van der Waals surface area contributed by atoms with Crippen LogP contribution in [-0.2, 0) is 9.59 Å². The zero-order valence-corrected chi connectivity index (χ0v) is 16.6. The van der Waals surface area contributed by atoms with E-state index < -0.39 is 5.82 Å². The summed E-state index contributed by atoms with van der Waals surface area (Å²) in [5.74, 6) is 0.402. The molecule has 0 N–H and O–H groups in total. The van der Waals surface area contributed by atoms with Crippen molar-refractivity contribution in [3.8, 4) is 5.75 Å². The fourth-order valence-electron chi connectivity index (χ4n) is 5.79. The lowest BCUT2D eigenvalue weighted by Crippen LogP contribution is -2.40. The second kappa shape index (κ2) is 6.61. The van der Waals surface area contributed by atoms with Crippen LogP contribution in [0.2, 0.25) is 0 Å². The van der Waals surface area contributed by atoms with Crippen LogP contribution < -0.4 is 9.64 Å². The predicted octanol–water partition coefficient (Wildman–Crippen LogP) is 3.64. The van der Waals surface area contributed by atoms with Gasteiger partial charge in [0.25, 0.3) is 0 Å². The second-order valence-corrected chi connectivity index (χ2v) is 8.88. The average molecular weight is 417 g/mol. The number of rotatable bonds is 5. The molecule has 2 saturated carbocycles. The van der Waals surface area contributed by atoms with Crippen molar-refractivity contribution >= 4 is 23.3 Å². The lowest BCUT2D eigenvalue weighted by Gasteiger charge is -2.37. The van der Waals surface area contributed by atoms with Crippen LogP contribution in [0.5, 0.6) is 5.75 Å². The molecule has 0 spiro atoms. The van der Waals surface area contributed by atoms with Gasteiger partial charge >= 0.3 is 0 Å². The molecule has 1 heterocycles. The Balaban J connectivity index is 1.20. The number of nitrogens with zero attached hydrogens (tertiary/aromatic N) is 1. The lowest BCUT2D eigenvalue weighted by molar-refractivity contribution is -0.124. The molecule has 3 fully saturated rings. The van der Waals surface area contributed by atoms with E-state index in [1.807, 2.05) is 0 Å². The first-order chi connectivity index (χ1) is 15.0. The first-order valence-electron chi connectivity index (χ1n) is 10.6. The number of carbonyl (C=O) groups excluding carboxylic acids is 3. The SMILES string of the molecule is O=C(COc1cccc(N2C(=O)[C@H]3[C@@H]4C=C[C@@H]([C@H]5C[C@H]45)[C@@H]3C2=O)c1)c1ccc(F)cc1. The highest BCUT2D eigenvalue weighted by molar-refractivity contribution is 6.22. The second-order valence-electron chi connectivity index (χ2n) is 8.88. The molecule has 0 aromatic heterocycles. The molecule has 0 unspecified atom stereocenters. The number of halogens is 1. The Morgan fingerprint density at radius 1 is 0.968 bits per heavy atom. The number of ether oxygens (including phenoxy) is 1. The highest BCUT2D eigenvalue weighted by Gasteiger charge is 2.67. The number of imide groups is 1. The number of carbonyl (C=O) groups is 3. The number of allylic oxidation sites excluding steroid dienone is 2. The quantitative estimate of drug-likeness (QED) is 0.423. The largest absolute Gasteiger partial charge is 0.485 e. The van der Waals surface area contributed by atoms with Gasteiger partial charge in [-0.15, -0.1) is 0 Å². The van der Waals surface area contributed by atoms with Gasteiger partial charge in [-0.05, 0) is 66.5 Å². The van der Waals surface area contributed by atoms with Crippen molar-refractivity contribution in [1.82, 2.24) is 0 Å². The summed E-state index contributed by atoms with van der Waals surface area (Å²) in [7, 11) is 0. The molecule has 4 aliphatic carbocycles. The van der Waals surface area contributed by atoms with Gasteiger partial charge in [0, 0.05) is 11.6 Å².